The molecule has 1 saturated carbocycles. The molecule has 1 N–H and O–H groups in total. The summed E-state index contributed by atoms with van der Waals surface area (Å²) >= 11 is 0. The van der Waals surface area contributed by atoms with Gasteiger partial charge in [0.2, 0.25) is 0 Å². The molecule has 0 radical (unpaired) electrons. The minimum absolute atomic E-state index is 0.848. The van der Waals surface area contributed by atoms with Crippen LogP contribution >= 0.6 is 0 Å². The van der Waals surface area contributed by atoms with Crippen LogP contribution in [0.3, 0.4) is 0 Å². The molecule has 0 amide bonds. The fraction of sp³-hybridized carbons (Fsp3) is 1.00. The zero-order valence-corrected chi connectivity index (χ0v) is 9.21. The quantitative estimate of drug-likeness (QED) is 0.734. The van der Waals surface area contributed by atoms with E-state index in [-0.39, 0.29) is 0 Å². The van der Waals surface area contributed by atoms with Crippen LogP contribution in [0.15, 0.2) is 0 Å². The highest BCUT2D eigenvalue weighted by molar-refractivity contribution is 4.95. The van der Waals surface area contributed by atoms with Crippen LogP contribution in [0.4, 0.5) is 0 Å². The summed E-state index contributed by atoms with van der Waals surface area (Å²) in [5.41, 5.74) is 0. The average Bonchev–Trinajstić information content (AvgIpc) is 2.93. The van der Waals surface area contributed by atoms with E-state index in [0.717, 1.165) is 24.0 Å². The summed E-state index contributed by atoms with van der Waals surface area (Å²) in [4.78, 5) is 2.64. The molecule has 3 rings (SSSR count). The van der Waals surface area contributed by atoms with Gasteiger partial charge in [-0.3, -0.25) is 0 Å². The van der Waals surface area contributed by atoms with Crippen LogP contribution in [0.2, 0.25) is 0 Å². The highest BCUT2D eigenvalue weighted by atomic mass is 15.2. The first-order valence-corrected chi connectivity index (χ1v) is 6.27. The van der Waals surface area contributed by atoms with Crippen molar-refractivity contribution in [3.05, 3.63) is 0 Å². The summed E-state index contributed by atoms with van der Waals surface area (Å²) in [6.45, 7) is 1.37. The van der Waals surface area contributed by atoms with Crippen molar-refractivity contribution in [3.8, 4) is 0 Å². The number of nitrogens with one attached hydrogen (secondary N) is 1. The fourth-order valence-electron chi connectivity index (χ4n) is 3.24. The third-order valence-electron chi connectivity index (χ3n) is 4.31. The lowest BCUT2D eigenvalue weighted by molar-refractivity contribution is 0.167. The molecule has 0 aromatic rings. The number of rotatable bonds is 3. The molecule has 3 fully saturated rings. The minimum atomic E-state index is 0.848. The van der Waals surface area contributed by atoms with E-state index in [9.17, 15) is 0 Å². The molecular formula is C12H22N2. The summed E-state index contributed by atoms with van der Waals surface area (Å²) in [5, 5.41) is 3.72. The van der Waals surface area contributed by atoms with Crippen LogP contribution in [-0.2, 0) is 0 Å². The van der Waals surface area contributed by atoms with Crippen LogP contribution < -0.4 is 5.32 Å². The smallest absolute Gasteiger partial charge is 0.0122 e. The first-order chi connectivity index (χ1) is 6.81. The highest BCUT2D eigenvalue weighted by Crippen LogP contribution is 2.33. The van der Waals surface area contributed by atoms with Crippen molar-refractivity contribution in [2.24, 2.45) is 5.92 Å². The van der Waals surface area contributed by atoms with E-state index < -0.39 is 0 Å². The van der Waals surface area contributed by atoms with Crippen LogP contribution in [-0.4, -0.2) is 36.6 Å². The summed E-state index contributed by atoms with van der Waals surface area (Å²) in [7, 11) is 2.34. The van der Waals surface area contributed by atoms with Gasteiger partial charge in [-0.15, -0.1) is 0 Å². The van der Waals surface area contributed by atoms with E-state index in [1.165, 1.54) is 45.1 Å². The van der Waals surface area contributed by atoms with Crippen molar-refractivity contribution in [2.75, 3.05) is 13.6 Å². The second-order valence-corrected chi connectivity index (χ2v) is 5.65. The molecule has 0 aromatic heterocycles. The Bertz CT molecular complexity index is 200. The predicted octanol–water partition coefficient (Wildman–Crippen LogP) is 1.61. The van der Waals surface area contributed by atoms with Crippen molar-refractivity contribution in [3.63, 3.8) is 0 Å². The first kappa shape index (κ1) is 9.17. The topological polar surface area (TPSA) is 15.3 Å². The van der Waals surface area contributed by atoms with E-state index in [1.54, 1.807) is 0 Å². The van der Waals surface area contributed by atoms with Crippen molar-refractivity contribution in [1.82, 2.24) is 10.2 Å². The van der Waals surface area contributed by atoms with Gasteiger partial charge in [0.05, 0.1) is 0 Å². The second-order valence-electron chi connectivity index (χ2n) is 5.65. The maximum Gasteiger partial charge on any atom is 0.0122 e. The Labute approximate surface area is 87.0 Å². The van der Waals surface area contributed by atoms with E-state index in [0.29, 0.717) is 0 Å². The van der Waals surface area contributed by atoms with Gasteiger partial charge in [0, 0.05) is 24.7 Å². The van der Waals surface area contributed by atoms with Gasteiger partial charge in [0.1, 0.15) is 0 Å². The third kappa shape index (κ3) is 1.82. The van der Waals surface area contributed by atoms with Crippen LogP contribution in [0.5, 0.6) is 0 Å². The maximum absolute atomic E-state index is 3.72. The summed E-state index contributed by atoms with van der Waals surface area (Å²) < 4.78 is 0. The molecule has 2 nitrogen and oxygen atoms in total. The molecule has 2 aliphatic heterocycles. The van der Waals surface area contributed by atoms with Gasteiger partial charge in [0.25, 0.3) is 0 Å². The van der Waals surface area contributed by atoms with Crippen molar-refractivity contribution < 1.29 is 0 Å². The van der Waals surface area contributed by atoms with E-state index in [2.05, 4.69) is 17.3 Å². The van der Waals surface area contributed by atoms with E-state index in [1.807, 2.05) is 0 Å². The maximum atomic E-state index is 3.72. The van der Waals surface area contributed by atoms with Gasteiger partial charge in [-0.05, 0) is 51.5 Å². The molecule has 0 spiro atoms. The van der Waals surface area contributed by atoms with Crippen molar-refractivity contribution >= 4 is 0 Å². The molecule has 1 aliphatic carbocycles. The van der Waals surface area contributed by atoms with Crippen molar-refractivity contribution in [1.29, 1.82) is 0 Å². The standard InChI is InChI=1S/C12H22N2/c1-14(8-9-2-3-9)12-6-10-4-5-11(7-12)13-10/h9-13H,2-8H2,1H3/t10-,11+,12-. The Morgan fingerprint density at radius 2 is 1.71 bits per heavy atom. The SMILES string of the molecule is CN(CC1CC1)[C@@H]1C[C@H]2CC[C@@H](C1)N2. The molecule has 3 atom stereocenters. The monoisotopic (exact) mass is 194 g/mol. The Hall–Kier alpha value is -0.0800. The molecule has 0 unspecified atom stereocenters. The molecule has 2 heteroatoms. The van der Waals surface area contributed by atoms with Crippen LogP contribution in [0.1, 0.15) is 38.5 Å². The number of hydrogen-bond acceptors (Lipinski definition) is 2. The summed E-state index contributed by atoms with van der Waals surface area (Å²) in [6.07, 6.45) is 8.64. The Morgan fingerprint density at radius 3 is 2.29 bits per heavy atom. The first-order valence-electron chi connectivity index (χ1n) is 6.27. The van der Waals surface area contributed by atoms with E-state index >= 15 is 0 Å². The molecule has 80 valence electrons. The number of hydrogen-bond donors (Lipinski definition) is 1. The molecule has 2 saturated heterocycles. The van der Waals surface area contributed by atoms with Gasteiger partial charge >= 0.3 is 0 Å². The lowest BCUT2D eigenvalue weighted by Gasteiger charge is -2.35. The second kappa shape index (κ2) is 3.49. The lowest BCUT2D eigenvalue weighted by atomic mass is 9.98. The summed E-state index contributed by atoms with van der Waals surface area (Å²) in [5.74, 6) is 1.05. The number of piperidine rings is 1. The lowest BCUT2D eigenvalue weighted by Crippen LogP contribution is -2.47. The summed E-state index contributed by atoms with van der Waals surface area (Å²) in [6, 6.07) is 2.58. The largest absolute Gasteiger partial charge is 0.311 e. The van der Waals surface area contributed by atoms with Gasteiger partial charge in [-0.2, -0.15) is 0 Å². The molecule has 14 heavy (non-hydrogen) atoms. The molecular weight excluding hydrogens is 172 g/mol. The van der Waals surface area contributed by atoms with Gasteiger partial charge in [-0.25, -0.2) is 0 Å². The van der Waals surface area contributed by atoms with Gasteiger partial charge < -0.3 is 10.2 Å². The third-order valence-corrected chi connectivity index (χ3v) is 4.31. The number of fused-ring (bicyclic) bond motifs is 2. The molecule has 0 aromatic carbocycles. The zero-order chi connectivity index (χ0) is 9.54. The van der Waals surface area contributed by atoms with Gasteiger partial charge in [-0.1, -0.05) is 0 Å². The van der Waals surface area contributed by atoms with Gasteiger partial charge in [0.15, 0.2) is 0 Å². The molecule has 3 aliphatic rings. The van der Waals surface area contributed by atoms with E-state index in [4.69, 9.17) is 0 Å². The van der Waals surface area contributed by atoms with Crippen LogP contribution in [0.25, 0.3) is 0 Å². The average molecular weight is 194 g/mol. The Balaban J connectivity index is 1.56. The molecule has 2 bridgehead atoms. The Morgan fingerprint density at radius 1 is 1.07 bits per heavy atom. The minimum Gasteiger partial charge on any atom is -0.311 e. The van der Waals surface area contributed by atoms with Crippen molar-refractivity contribution in [2.45, 2.75) is 56.7 Å². The fourth-order valence-corrected chi connectivity index (χ4v) is 3.24. The molecule has 2 heterocycles. The van der Waals surface area contributed by atoms with Crippen LogP contribution in [0, 0.1) is 5.92 Å². The predicted molar refractivity (Wildman–Crippen MR) is 58.3 cm³/mol. The Kier molecular flexibility index (Phi) is 2.29. The normalized spacial score (nSPS) is 42.0. The number of nitrogens with zero attached hydrogens (tertiary/aromatic N) is 1. The zero-order valence-electron chi connectivity index (χ0n) is 9.21. The highest BCUT2D eigenvalue weighted by Gasteiger charge is 2.36.